The van der Waals surface area contributed by atoms with Crippen molar-refractivity contribution >= 4 is 23.2 Å². The van der Waals surface area contributed by atoms with Crippen molar-refractivity contribution in [2.24, 2.45) is 5.18 Å². The Hall–Kier alpha value is -2.14. The Morgan fingerprint density at radius 3 is 2.75 bits per heavy atom. The van der Waals surface area contributed by atoms with E-state index in [-0.39, 0.29) is 0 Å². The van der Waals surface area contributed by atoms with E-state index in [1.807, 2.05) is 36.5 Å². The molecule has 5 heteroatoms. The molecule has 0 spiro atoms. The van der Waals surface area contributed by atoms with Crippen molar-refractivity contribution in [2.45, 2.75) is 17.6 Å². The van der Waals surface area contributed by atoms with Crippen LogP contribution in [0.2, 0.25) is 0 Å². The number of nitroso groups, excluding NO2 is 1. The van der Waals surface area contributed by atoms with Crippen LogP contribution < -0.4 is 0 Å². The Bertz CT molecular complexity index is 752. The first kappa shape index (κ1) is 12.9. The summed E-state index contributed by atoms with van der Waals surface area (Å²) in [5.74, 6) is 1.25. The molecule has 0 N–H and O–H groups in total. The van der Waals surface area contributed by atoms with Gasteiger partial charge >= 0.3 is 0 Å². The topological polar surface area (TPSA) is 46.7 Å². The van der Waals surface area contributed by atoms with E-state index >= 15 is 0 Å². The Morgan fingerprint density at radius 2 is 2.00 bits per heavy atom. The lowest BCUT2D eigenvalue weighted by Gasteiger charge is -2.04. The number of hydrogen-bond acceptors (Lipinski definition) is 4. The summed E-state index contributed by atoms with van der Waals surface area (Å²) >= 11 is 1.71. The Kier molecular flexibility index (Phi) is 3.52. The molecule has 0 fully saturated rings. The van der Waals surface area contributed by atoms with Crippen molar-refractivity contribution in [3.63, 3.8) is 0 Å². The van der Waals surface area contributed by atoms with E-state index in [4.69, 9.17) is 0 Å². The molecule has 1 aromatic carbocycles. The minimum atomic E-state index is 0.377. The number of imidazole rings is 1. The Balaban J connectivity index is 1.94. The van der Waals surface area contributed by atoms with Crippen LogP contribution in [0.1, 0.15) is 11.3 Å². The van der Waals surface area contributed by atoms with Gasteiger partial charge in [-0.25, -0.2) is 4.98 Å². The van der Waals surface area contributed by atoms with Gasteiger partial charge < -0.3 is 0 Å². The fourth-order valence-corrected chi connectivity index (χ4v) is 3.06. The zero-order chi connectivity index (χ0) is 13.9. The van der Waals surface area contributed by atoms with Gasteiger partial charge in [0, 0.05) is 11.9 Å². The van der Waals surface area contributed by atoms with Gasteiger partial charge in [-0.05, 0) is 29.8 Å². The fourth-order valence-electron chi connectivity index (χ4n) is 2.10. The summed E-state index contributed by atoms with van der Waals surface area (Å²) in [6.45, 7) is 1.80. The normalized spacial score (nSPS) is 10.8. The van der Waals surface area contributed by atoms with Gasteiger partial charge in [0.25, 0.3) is 0 Å². The van der Waals surface area contributed by atoms with Crippen LogP contribution in [0.25, 0.3) is 5.65 Å². The second kappa shape index (κ2) is 5.46. The summed E-state index contributed by atoms with van der Waals surface area (Å²) < 4.78 is 1.75. The average molecular weight is 283 g/mol. The third kappa shape index (κ3) is 2.32. The molecule has 0 aliphatic carbocycles. The van der Waals surface area contributed by atoms with E-state index in [2.05, 4.69) is 22.3 Å². The monoisotopic (exact) mass is 283 g/mol. The highest BCUT2D eigenvalue weighted by Crippen LogP contribution is 2.30. The van der Waals surface area contributed by atoms with Gasteiger partial charge in [0.1, 0.15) is 0 Å². The van der Waals surface area contributed by atoms with Crippen LogP contribution in [0, 0.1) is 11.8 Å². The van der Waals surface area contributed by atoms with Gasteiger partial charge in [-0.3, -0.25) is 4.40 Å². The third-order valence-electron chi connectivity index (χ3n) is 3.08. The number of nitrogens with zero attached hydrogens (tertiary/aromatic N) is 3. The lowest BCUT2D eigenvalue weighted by molar-refractivity contribution is 1.13. The zero-order valence-electron chi connectivity index (χ0n) is 11.0. The molecular weight excluding hydrogens is 270 g/mol. The lowest BCUT2D eigenvalue weighted by Crippen LogP contribution is -1.87. The van der Waals surface area contributed by atoms with Gasteiger partial charge in [0.15, 0.2) is 5.65 Å². The van der Waals surface area contributed by atoms with E-state index in [0.29, 0.717) is 11.5 Å². The molecule has 4 nitrogen and oxygen atoms in total. The minimum absolute atomic E-state index is 0.377. The number of thioether (sulfide) groups is 1. The Labute approximate surface area is 120 Å². The van der Waals surface area contributed by atoms with Crippen LogP contribution in [-0.4, -0.2) is 9.38 Å². The van der Waals surface area contributed by atoms with Gasteiger partial charge in [0.2, 0.25) is 5.82 Å². The molecule has 3 rings (SSSR count). The summed E-state index contributed by atoms with van der Waals surface area (Å²) in [6, 6.07) is 14.2. The maximum atomic E-state index is 10.9. The van der Waals surface area contributed by atoms with E-state index in [1.165, 1.54) is 5.56 Å². The van der Waals surface area contributed by atoms with E-state index in [0.717, 1.165) is 16.3 Å². The third-order valence-corrected chi connectivity index (χ3v) is 4.19. The quantitative estimate of drug-likeness (QED) is 0.529. The predicted octanol–water partition coefficient (Wildman–Crippen LogP) is 4.33. The first-order valence-corrected chi connectivity index (χ1v) is 7.26. The molecule has 0 amide bonds. The van der Waals surface area contributed by atoms with Gasteiger partial charge in [-0.2, -0.15) is 0 Å². The molecule has 0 saturated carbocycles. The first-order chi connectivity index (χ1) is 9.79. The van der Waals surface area contributed by atoms with Crippen molar-refractivity contribution < 1.29 is 0 Å². The van der Waals surface area contributed by atoms with Gasteiger partial charge in [0.05, 0.1) is 10.6 Å². The summed E-state index contributed by atoms with van der Waals surface area (Å²) in [5.41, 5.74) is 2.71. The summed E-state index contributed by atoms with van der Waals surface area (Å²) in [7, 11) is 0. The smallest absolute Gasteiger partial charge is 0.204 e. The highest BCUT2D eigenvalue weighted by molar-refractivity contribution is 7.98. The standard InChI is InChI=1S/C15H13N3OS/c1-11-14(17-19)18-9-5-8-13(15(18)16-11)20-10-12-6-3-2-4-7-12/h2-9H,10H2,1H3. The second-order valence-electron chi connectivity index (χ2n) is 4.45. The fraction of sp³-hybridized carbons (Fsp3) is 0.133. The van der Waals surface area contributed by atoms with Crippen LogP contribution in [0.4, 0.5) is 5.82 Å². The van der Waals surface area contributed by atoms with Gasteiger partial charge in [-0.1, -0.05) is 30.3 Å². The Morgan fingerprint density at radius 1 is 1.20 bits per heavy atom. The predicted molar refractivity (Wildman–Crippen MR) is 81.4 cm³/mol. The van der Waals surface area contributed by atoms with Crippen LogP contribution in [0.15, 0.2) is 58.7 Å². The number of hydrogen-bond donors (Lipinski definition) is 0. The number of rotatable bonds is 4. The molecule has 2 aromatic heterocycles. The van der Waals surface area contributed by atoms with Crippen molar-refractivity contribution in [1.29, 1.82) is 0 Å². The summed E-state index contributed by atoms with van der Waals surface area (Å²) in [6.07, 6.45) is 1.82. The minimum Gasteiger partial charge on any atom is -0.281 e. The van der Waals surface area contributed by atoms with Crippen LogP contribution in [0.3, 0.4) is 0 Å². The SMILES string of the molecule is Cc1nc2c(SCc3ccccc3)cccn2c1N=O. The number of fused-ring (bicyclic) bond motifs is 1. The molecule has 0 atom stereocenters. The maximum Gasteiger partial charge on any atom is 0.204 e. The highest BCUT2D eigenvalue weighted by Gasteiger charge is 2.12. The van der Waals surface area contributed by atoms with E-state index in [9.17, 15) is 4.91 Å². The molecular formula is C15H13N3OS. The van der Waals surface area contributed by atoms with Crippen LogP contribution in [0.5, 0.6) is 0 Å². The maximum absolute atomic E-state index is 10.9. The average Bonchev–Trinajstić information content (AvgIpc) is 2.82. The second-order valence-corrected chi connectivity index (χ2v) is 5.47. The van der Waals surface area contributed by atoms with Crippen molar-refractivity contribution in [3.8, 4) is 0 Å². The molecule has 100 valence electrons. The van der Waals surface area contributed by atoms with E-state index in [1.54, 1.807) is 23.1 Å². The number of benzene rings is 1. The summed E-state index contributed by atoms with van der Waals surface area (Å²) in [5, 5.41) is 3.06. The molecule has 0 radical (unpaired) electrons. The number of aromatic nitrogens is 2. The molecule has 20 heavy (non-hydrogen) atoms. The lowest BCUT2D eigenvalue weighted by atomic mass is 10.2. The number of pyridine rings is 1. The van der Waals surface area contributed by atoms with Gasteiger partial charge in [-0.15, -0.1) is 16.7 Å². The van der Waals surface area contributed by atoms with Crippen molar-refractivity contribution in [2.75, 3.05) is 0 Å². The largest absolute Gasteiger partial charge is 0.281 e. The van der Waals surface area contributed by atoms with Crippen LogP contribution in [-0.2, 0) is 5.75 Å². The molecule has 0 unspecified atom stereocenters. The molecule has 3 aromatic rings. The summed E-state index contributed by atoms with van der Waals surface area (Å²) in [4.78, 5) is 16.4. The first-order valence-electron chi connectivity index (χ1n) is 6.27. The molecule has 0 aliphatic heterocycles. The van der Waals surface area contributed by atoms with E-state index < -0.39 is 0 Å². The van der Waals surface area contributed by atoms with Crippen molar-refractivity contribution in [1.82, 2.24) is 9.38 Å². The molecule has 0 bridgehead atoms. The number of aryl methyl sites for hydroxylation is 1. The molecule has 2 heterocycles. The molecule has 0 aliphatic rings. The molecule has 0 saturated heterocycles. The van der Waals surface area contributed by atoms with Crippen molar-refractivity contribution in [3.05, 3.63) is 64.8 Å². The highest BCUT2D eigenvalue weighted by atomic mass is 32.2. The van der Waals surface area contributed by atoms with Crippen LogP contribution >= 0.6 is 11.8 Å². The zero-order valence-corrected chi connectivity index (χ0v) is 11.8.